The molecule has 3 rings (SSSR count). The quantitative estimate of drug-likeness (QED) is 0.0646. The molecule has 0 fully saturated rings. The number of hydrogen-bond acceptors (Lipinski definition) is 1. The lowest BCUT2D eigenvalue weighted by Gasteiger charge is -2.24. The van der Waals surface area contributed by atoms with Gasteiger partial charge in [-0.2, -0.15) is 14.1 Å². The molecule has 0 aliphatic heterocycles. The number of aromatic nitrogens is 3. The highest BCUT2D eigenvalue weighted by molar-refractivity contribution is 5.62. The second-order valence-corrected chi connectivity index (χ2v) is 12.5. The van der Waals surface area contributed by atoms with Crippen molar-refractivity contribution in [2.75, 3.05) is 6.61 Å². The van der Waals surface area contributed by atoms with Gasteiger partial charge in [-0.05, 0) is 122 Å². The summed E-state index contributed by atoms with van der Waals surface area (Å²) in [4.78, 5) is 2.25. The topological polar surface area (TPSA) is 23.0 Å². The van der Waals surface area contributed by atoms with Crippen LogP contribution in [-0.2, 0) is 16.6 Å². The van der Waals surface area contributed by atoms with Crippen LogP contribution in [0, 0.1) is 5.92 Å². The first-order valence-electron chi connectivity index (χ1n) is 16.0. The standard InChI is InChI=1S/C38H55N3O/c1-10-18-32(6)35-22-17-24-39-40(25-23-35)41(39)37-28-34(27-36(29-37)38(8,9)11-2)21-16-20-31(5)19-14-12-13-15-26-42-33(7)30(3)4/h14,17,19,22-25,27-29,31H,3,6-7,10-13,15-16,18,20-21,26H2,1-2,4-5,8-9H3/b19-14+,24-17?,25-23?,35-22?. The maximum atomic E-state index is 5.61. The van der Waals surface area contributed by atoms with Crippen molar-refractivity contribution in [2.24, 2.45) is 5.92 Å². The number of unbranched alkanes of at least 4 members (excludes halogenated alkanes) is 2. The number of ether oxygens (including phenoxy) is 1. The minimum absolute atomic E-state index is 0.126. The average molecular weight is 570 g/mol. The Labute approximate surface area is 255 Å². The summed E-state index contributed by atoms with van der Waals surface area (Å²) < 4.78 is 9.93. The molecule has 1 unspecified atom stereocenters. The van der Waals surface area contributed by atoms with Gasteiger partial charge in [0.25, 0.3) is 0 Å². The van der Waals surface area contributed by atoms with E-state index in [1.54, 1.807) is 0 Å². The molecule has 0 N–H and O–H groups in total. The minimum Gasteiger partial charge on any atom is -0.494 e. The predicted molar refractivity (Wildman–Crippen MR) is 181 cm³/mol. The number of rotatable bonds is 18. The Kier molecular flexibility index (Phi) is 12.4. The van der Waals surface area contributed by atoms with E-state index in [0.29, 0.717) is 11.7 Å². The second-order valence-electron chi connectivity index (χ2n) is 12.5. The monoisotopic (exact) mass is 569 g/mol. The molecule has 0 radical (unpaired) electrons. The summed E-state index contributed by atoms with van der Waals surface area (Å²) in [5.41, 5.74) is 7.46. The fourth-order valence-corrected chi connectivity index (χ4v) is 5.02. The van der Waals surface area contributed by atoms with Crippen molar-refractivity contribution in [2.45, 2.75) is 105 Å². The lowest BCUT2D eigenvalue weighted by molar-refractivity contribution is 0.215. The fourth-order valence-electron chi connectivity index (χ4n) is 5.02. The molecule has 0 saturated heterocycles. The molecule has 4 nitrogen and oxygen atoms in total. The third-order valence-electron chi connectivity index (χ3n) is 8.39. The van der Waals surface area contributed by atoms with Crippen LogP contribution in [0.5, 0.6) is 0 Å². The van der Waals surface area contributed by atoms with Crippen LogP contribution in [0.15, 0.2) is 92.0 Å². The molecule has 1 atom stereocenters. The summed E-state index contributed by atoms with van der Waals surface area (Å²) >= 11 is 0. The normalized spacial score (nSPS) is 12.6. The Hall–Kier alpha value is -3.40. The van der Waals surface area contributed by atoms with Crippen LogP contribution in [0.2, 0.25) is 0 Å². The van der Waals surface area contributed by atoms with Gasteiger partial charge in [-0.25, -0.2) is 0 Å². The molecule has 0 bridgehead atoms. The molecule has 4 heteroatoms. The van der Waals surface area contributed by atoms with Gasteiger partial charge in [0.2, 0.25) is 0 Å². The number of aryl methyl sites for hydroxylation is 1. The molecule has 1 aromatic carbocycles. The van der Waals surface area contributed by atoms with Crippen molar-refractivity contribution >= 4 is 5.57 Å². The fraction of sp³-hybridized carbons (Fsp3) is 0.474. The predicted octanol–water partition coefficient (Wildman–Crippen LogP) is 10.7. The van der Waals surface area contributed by atoms with Crippen molar-refractivity contribution in [3.8, 4) is 5.69 Å². The molecular formula is C38H55N3O. The summed E-state index contributed by atoms with van der Waals surface area (Å²) in [7, 11) is 0. The Morgan fingerprint density at radius 1 is 1.00 bits per heavy atom. The summed E-state index contributed by atoms with van der Waals surface area (Å²) in [6.07, 6.45) is 19.0. The van der Waals surface area contributed by atoms with E-state index in [1.807, 2.05) is 6.92 Å². The zero-order valence-electron chi connectivity index (χ0n) is 27.3. The van der Waals surface area contributed by atoms with Crippen LogP contribution in [0.25, 0.3) is 11.3 Å². The Morgan fingerprint density at radius 3 is 2.48 bits per heavy atom. The van der Waals surface area contributed by atoms with Gasteiger partial charge < -0.3 is 4.74 Å². The summed E-state index contributed by atoms with van der Waals surface area (Å²) in [6.45, 7) is 26.2. The molecule has 2 heterocycles. The highest BCUT2D eigenvalue weighted by atomic mass is 16.5. The van der Waals surface area contributed by atoms with E-state index in [9.17, 15) is 0 Å². The van der Waals surface area contributed by atoms with Crippen LogP contribution in [0.1, 0.15) is 110 Å². The van der Waals surface area contributed by atoms with E-state index in [2.05, 4.69) is 129 Å². The third-order valence-corrected chi connectivity index (χ3v) is 8.39. The van der Waals surface area contributed by atoms with E-state index in [-0.39, 0.29) is 5.41 Å². The first-order chi connectivity index (χ1) is 20.1. The molecular weight excluding hydrogens is 514 g/mol. The molecule has 228 valence electrons. The largest absolute Gasteiger partial charge is 0.494 e. The first-order valence-corrected chi connectivity index (χ1v) is 16.0. The van der Waals surface area contributed by atoms with Crippen LogP contribution in [-0.4, -0.2) is 20.7 Å². The minimum atomic E-state index is 0.126. The molecule has 0 amide bonds. The number of nitrogens with zero attached hydrogens (tertiary/aromatic N) is 3. The highest BCUT2D eigenvalue weighted by Crippen LogP contribution is 2.31. The van der Waals surface area contributed by atoms with E-state index >= 15 is 0 Å². The van der Waals surface area contributed by atoms with Crippen molar-refractivity contribution in [1.82, 2.24) is 14.1 Å². The smallest absolute Gasteiger partial charge is 0.114 e. The van der Waals surface area contributed by atoms with Crippen LogP contribution in [0.4, 0.5) is 0 Å². The van der Waals surface area contributed by atoms with Crippen molar-refractivity contribution in [1.29, 1.82) is 0 Å². The first kappa shape index (κ1) is 33.1. The van der Waals surface area contributed by atoms with Gasteiger partial charge in [-0.15, -0.1) is 0 Å². The zero-order valence-corrected chi connectivity index (χ0v) is 27.3. The van der Waals surface area contributed by atoms with Gasteiger partial charge in [0.1, 0.15) is 5.76 Å². The van der Waals surface area contributed by atoms with E-state index in [1.165, 1.54) is 40.8 Å². The maximum absolute atomic E-state index is 5.61. The lowest BCUT2D eigenvalue weighted by atomic mass is 9.81. The van der Waals surface area contributed by atoms with E-state index < -0.39 is 0 Å². The lowest BCUT2D eigenvalue weighted by Crippen LogP contribution is -2.16. The van der Waals surface area contributed by atoms with E-state index in [0.717, 1.165) is 57.1 Å². The van der Waals surface area contributed by atoms with Crippen LogP contribution in [0.3, 0.4) is 0 Å². The molecule has 0 spiro atoms. The maximum Gasteiger partial charge on any atom is 0.114 e. The summed E-state index contributed by atoms with van der Waals surface area (Å²) in [5, 5.41) is 0. The SMILES string of the molecule is C=C(C)C(=C)OCCCC/C=C/C(C)CCCc1cc(-n2n3cccc(C(=C)CCC)ccn23)cc(C(C)(C)CC)c1. The average Bonchev–Trinajstić information content (AvgIpc) is 3.63. The van der Waals surface area contributed by atoms with Gasteiger partial charge in [0.05, 0.1) is 18.5 Å². The van der Waals surface area contributed by atoms with E-state index in [4.69, 9.17) is 4.74 Å². The molecule has 3 aromatic rings. The van der Waals surface area contributed by atoms with Gasteiger partial charge in [0, 0.05) is 6.20 Å². The Bertz CT molecular complexity index is 1390. The Balaban J connectivity index is 1.64. The van der Waals surface area contributed by atoms with Crippen molar-refractivity contribution in [3.05, 3.63) is 109 Å². The number of fused-ring (bicyclic) bond motifs is 1. The van der Waals surface area contributed by atoms with Crippen molar-refractivity contribution < 1.29 is 4.74 Å². The van der Waals surface area contributed by atoms with Crippen molar-refractivity contribution in [3.63, 3.8) is 0 Å². The zero-order chi connectivity index (χ0) is 30.7. The molecule has 0 aliphatic rings. The molecule has 0 saturated carbocycles. The van der Waals surface area contributed by atoms with Gasteiger partial charge in [-0.1, -0.05) is 85.1 Å². The Morgan fingerprint density at radius 2 is 1.76 bits per heavy atom. The van der Waals surface area contributed by atoms with Crippen LogP contribution < -0.4 is 0 Å². The van der Waals surface area contributed by atoms with Crippen LogP contribution >= 0.6 is 0 Å². The summed E-state index contributed by atoms with van der Waals surface area (Å²) in [6, 6.07) is 13.6. The van der Waals surface area contributed by atoms with Gasteiger partial charge in [-0.3, -0.25) is 0 Å². The highest BCUT2D eigenvalue weighted by Gasteiger charge is 2.21. The number of allylic oxidation sites excluding steroid dienone is 4. The number of hydrogen-bond donors (Lipinski definition) is 0. The molecule has 0 aliphatic carbocycles. The summed E-state index contributed by atoms with van der Waals surface area (Å²) in [5.74, 6) is 1.29. The third kappa shape index (κ3) is 9.58. The van der Waals surface area contributed by atoms with Gasteiger partial charge >= 0.3 is 0 Å². The van der Waals surface area contributed by atoms with Gasteiger partial charge in [0.15, 0.2) is 0 Å². The second kappa shape index (κ2) is 15.7. The molecule has 2 aromatic heterocycles. The number of benzene rings is 1. The molecule has 42 heavy (non-hydrogen) atoms.